The van der Waals surface area contributed by atoms with Crippen molar-refractivity contribution in [3.05, 3.63) is 35.9 Å². The van der Waals surface area contributed by atoms with Crippen molar-refractivity contribution >= 4 is 19.6 Å². The highest BCUT2D eigenvalue weighted by atomic mass is 32.1. The number of hydrogen-bond acceptors (Lipinski definition) is 2. The van der Waals surface area contributed by atoms with E-state index >= 15 is 0 Å². The summed E-state index contributed by atoms with van der Waals surface area (Å²) in [6.07, 6.45) is -1.02. The zero-order chi connectivity index (χ0) is 8.97. The van der Waals surface area contributed by atoms with E-state index in [2.05, 4.69) is 0 Å². The van der Waals surface area contributed by atoms with Gasteiger partial charge in [0.2, 0.25) is 0 Å². The van der Waals surface area contributed by atoms with Crippen molar-refractivity contribution in [2.45, 2.75) is 13.0 Å². The van der Waals surface area contributed by atoms with Gasteiger partial charge in [-0.25, -0.2) is 4.79 Å². The van der Waals surface area contributed by atoms with E-state index in [9.17, 15) is 4.79 Å². The second kappa shape index (κ2) is 5.48. The molecule has 0 radical (unpaired) electrons. The van der Waals surface area contributed by atoms with Gasteiger partial charge in [0.15, 0.2) is 0 Å². The SMILES string of the molecule is CC(OC(N)=O)c1ccccc1.S. The van der Waals surface area contributed by atoms with Crippen molar-refractivity contribution < 1.29 is 9.53 Å². The van der Waals surface area contributed by atoms with Crippen LogP contribution in [0.2, 0.25) is 0 Å². The molecule has 1 aromatic carbocycles. The number of nitrogens with two attached hydrogens (primary N) is 1. The Morgan fingerprint density at radius 2 is 1.92 bits per heavy atom. The third-order valence-corrected chi connectivity index (χ3v) is 1.56. The number of hydrogen-bond donors (Lipinski definition) is 1. The van der Waals surface area contributed by atoms with Crippen LogP contribution in [0, 0.1) is 0 Å². The normalized spacial score (nSPS) is 11.2. The zero-order valence-electron chi connectivity index (χ0n) is 7.36. The van der Waals surface area contributed by atoms with E-state index in [1.165, 1.54) is 0 Å². The quantitative estimate of drug-likeness (QED) is 0.791. The lowest BCUT2D eigenvalue weighted by atomic mass is 10.1. The van der Waals surface area contributed by atoms with E-state index in [1.807, 2.05) is 30.3 Å². The average Bonchev–Trinajstić information content (AvgIpc) is 2.05. The van der Waals surface area contributed by atoms with Crippen LogP contribution in [0.3, 0.4) is 0 Å². The third-order valence-electron chi connectivity index (χ3n) is 1.56. The van der Waals surface area contributed by atoms with Crippen LogP contribution in [-0.4, -0.2) is 6.09 Å². The highest BCUT2D eigenvalue weighted by molar-refractivity contribution is 7.59. The fourth-order valence-corrected chi connectivity index (χ4v) is 0.966. The molecule has 0 aliphatic carbocycles. The van der Waals surface area contributed by atoms with Crippen LogP contribution in [-0.2, 0) is 4.74 Å². The summed E-state index contributed by atoms with van der Waals surface area (Å²) in [7, 11) is 0. The van der Waals surface area contributed by atoms with Crippen molar-refractivity contribution in [3.8, 4) is 0 Å². The maximum absolute atomic E-state index is 10.4. The van der Waals surface area contributed by atoms with Gasteiger partial charge < -0.3 is 10.5 Å². The summed E-state index contributed by atoms with van der Waals surface area (Å²) in [5.74, 6) is 0. The summed E-state index contributed by atoms with van der Waals surface area (Å²) in [6.45, 7) is 1.78. The minimum atomic E-state index is -0.744. The molecule has 0 fully saturated rings. The first-order valence-corrected chi connectivity index (χ1v) is 3.71. The summed E-state index contributed by atoms with van der Waals surface area (Å²) in [5, 5.41) is 0. The van der Waals surface area contributed by atoms with Gasteiger partial charge in [0.1, 0.15) is 6.10 Å². The van der Waals surface area contributed by atoms with Crippen molar-refractivity contribution in [2.24, 2.45) is 5.73 Å². The second-order valence-corrected chi connectivity index (χ2v) is 2.49. The Morgan fingerprint density at radius 1 is 1.38 bits per heavy atom. The molecule has 1 amide bonds. The molecule has 0 bridgehead atoms. The van der Waals surface area contributed by atoms with E-state index in [0.29, 0.717) is 0 Å². The number of benzene rings is 1. The topological polar surface area (TPSA) is 52.3 Å². The van der Waals surface area contributed by atoms with Gasteiger partial charge in [-0.3, -0.25) is 0 Å². The molecule has 0 saturated heterocycles. The fraction of sp³-hybridized carbons (Fsp3) is 0.222. The van der Waals surface area contributed by atoms with E-state index in [4.69, 9.17) is 10.5 Å². The molecule has 0 saturated carbocycles. The van der Waals surface area contributed by atoms with Gasteiger partial charge >= 0.3 is 6.09 Å². The van der Waals surface area contributed by atoms with Gasteiger partial charge in [-0.15, -0.1) is 0 Å². The van der Waals surface area contributed by atoms with E-state index < -0.39 is 6.09 Å². The summed E-state index contributed by atoms with van der Waals surface area (Å²) in [4.78, 5) is 10.4. The number of carbonyl (C=O) groups is 1. The molecule has 4 heteroatoms. The van der Waals surface area contributed by atoms with Crippen LogP contribution >= 0.6 is 13.5 Å². The highest BCUT2D eigenvalue weighted by Gasteiger charge is 2.06. The molecule has 1 unspecified atom stereocenters. The minimum Gasteiger partial charge on any atom is -0.442 e. The number of rotatable bonds is 2. The second-order valence-electron chi connectivity index (χ2n) is 2.49. The number of ether oxygens (including phenoxy) is 1. The van der Waals surface area contributed by atoms with Gasteiger partial charge in [-0.1, -0.05) is 30.3 Å². The van der Waals surface area contributed by atoms with Crippen LogP contribution < -0.4 is 5.73 Å². The van der Waals surface area contributed by atoms with Crippen LogP contribution in [0.1, 0.15) is 18.6 Å². The first kappa shape index (κ1) is 11.8. The summed E-state index contributed by atoms with van der Waals surface area (Å²) in [5.41, 5.74) is 5.81. The largest absolute Gasteiger partial charge is 0.442 e. The van der Waals surface area contributed by atoms with E-state index in [1.54, 1.807) is 6.92 Å². The molecular formula is C9H13NO2S. The molecule has 0 heterocycles. The first-order valence-electron chi connectivity index (χ1n) is 3.71. The van der Waals surface area contributed by atoms with Crippen molar-refractivity contribution in [1.82, 2.24) is 0 Å². The molecule has 0 aliphatic heterocycles. The lowest BCUT2D eigenvalue weighted by Gasteiger charge is -2.10. The Hall–Kier alpha value is -1.16. The summed E-state index contributed by atoms with van der Waals surface area (Å²) in [6, 6.07) is 9.44. The molecular weight excluding hydrogens is 186 g/mol. The first-order chi connectivity index (χ1) is 5.70. The maximum Gasteiger partial charge on any atom is 0.405 e. The smallest absolute Gasteiger partial charge is 0.405 e. The van der Waals surface area contributed by atoms with Crippen LogP contribution in [0.5, 0.6) is 0 Å². The summed E-state index contributed by atoms with van der Waals surface area (Å²) < 4.78 is 4.78. The van der Waals surface area contributed by atoms with Crippen LogP contribution in [0.4, 0.5) is 4.79 Å². The number of primary amides is 1. The highest BCUT2D eigenvalue weighted by Crippen LogP contribution is 2.14. The molecule has 72 valence electrons. The van der Waals surface area contributed by atoms with Crippen molar-refractivity contribution in [3.63, 3.8) is 0 Å². The van der Waals surface area contributed by atoms with Crippen molar-refractivity contribution in [2.75, 3.05) is 0 Å². The van der Waals surface area contributed by atoms with Gasteiger partial charge in [0, 0.05) is 0 Å². The lowest BCUT2D eigenvalue weighted by molar-refractivity contribution is 0.116. The van der Waals surface area contributed by atoms with E-state index in [0.717, 1.165) is 5.56 Å². The van der Waals surface area contributed by atoms with Gasteiger partial charge in [-0.05, 0) is 12.5 Å². The summed E-state index contributed by atoms with van der Waals surface area (Å²) >= 11 is 0. The molecule has 1 rings (SSSR count). The predicted molar refractivity (Wildman–Crippen MR) is 55.9 cm³/mol. The van der Waals surface area contributed by atoms with Crippen LogP contribution in [0.25, 0.3) is 0 Å². The van der Waals surface area contributed by atoms with Crippen LogP contribution in [0.15, 0.2) is 30.3 Å². The Labute approximate surface area is 84.3 Å². The molecule has 2 N–H and O–H groups in total. The zero-order valence-corrected chi connectivity index (χ0v) is 8.36. The van der Waals surface area contributed by atoms with Gasteiger partial charge in [0.05, 0.1) is 0 Å². The molecule has 0 aliphatic rings. The number of amides is 1. The lowest BCUT2D eigenvalue weighted by Crippen LogP contribution is -2.15. The Kier molecular flexibility index (Phi) is 4.99. The molecule has 0 aromatic heterocycles. The van der Waals surface area contributed by atoms with Gasteiger partial charge in [-0.2, -0.15) is 13.5 Å². The third kappa shape index (κ3) is 3.85. The standard InChI is InChI=1S/C9H11NO2.H2S/c1-7(12-9(10)11)8-5-3-2-4-6-8;/h2-7H,1H3,(H2,10,11);1H2. The Morgan fingerprint density at radius 3 is 2.38 bits per heavy atom. The molecule has 13 heavy (non-hydrogen) atoms. The Bertz CT molecular complexity index is 264. The molecule has 3 nitrogen and oxygen atoms in total. The molecule has 1 atom stereocenters. The van der Waals surface area contributed by atoms with E-state index in [-0.39, 0.29) is 19.6 Å². The monoisotopic (exact) mass is 199 g/mol. The molecule has 0 spiro atoms. The van der Waals surface area contributed by atoms with Crippen molar-refractivity contribution in [1.29, 1.82) is 0 Å². The minimum absolute atomic E-state index is 0. The maximum atomic E-state index is 10.4. The predicted octanol–water partition coefficient (Wildman–Crippen LogP) is 1.96. The van der Waals surface area contributed by atoms with Gasteiger partial charge in [0.25, 0.3) is 0 Å². The Balaban J connectivity index is 0.00000144. The average molecular weight is 199 g/mol. The fourth-order valence-electron chi connectivity index (χ4n) is 0.966. The number of carbonyl (C=O) groups excluding carboxylic acids is 1. The molecule has 1 aromatic rings.